The largest absolute Gasteiger partial charge is 0.439 e. The van der Waals surface area contributed by atoms with E-state index in [0.717, 1.165) is 0 Å². The monoisotopic (exact) mass is 268 g/mol. The lowest BCUT2D eigenvalue weighted by Gasteiger charge is -2.07. The molecule has 0 saturated carbocycles. The number of hydrazine groups is 1. The van der Waals surface area contributed by atoms with Gasteiger partial charge in [-0.25, -0.2) is 15.2 Å². The minimum atomic E-state index is -0.507. The molecule has 0 aliphatic rings. The van der Waals surface area contributed by atoms with Crippen molar-refractivity contribution in [3.8, 4) is 11.6 Å². The summed E-state index contributed by atoms with van der Waals surface area (Å²) in [6.07, 6.45) is 0. The number of nitrogens with two attached hydrogens (primary N) is 1. The van der Waals surface area contributed by atoms with Crippen molar-refractivity contribution in [1.82, 2.24) is 9.97 Å². The second-order valence-corrected chi connectivity index (χ2v) is 3.87. The van der Waals surface area contributed by atoms with Crippen LogP contribution < -0.4 is 16.0 Å². The van der Waals surface area contributed by atoms with Crippen molar-refractivity contribution in [2.24, 2.45) is 5.84 Å². The van der Waals surface area contributed by atoms with Gasteiger partial charge in [0, 0.05) is 12.1 Å². The van der Waals surface area contributed by atoms with Crippen LogP contribution in [0.15, 0.2) is 24.3 Å². The highest BCUT2D eigenvalue weighted by Crippen LogP contribution is 2.25. The highest BCUT2D eigenvalue weighted by atomic mass is 35.5. The van der Waals surface area contributed by atoms with Crippen LogP contribution in [-0.2, 0) is 0 Å². The van der Waals surface area contributed by atoms with E-state index in [2.05, 4.69) is 15.4 Å². The summed E-state index contributed by atoms with van der Waals surface area (Å²) in [6.45, 7) is 1.70. The van der Waals surface area contributed by atoms with Gasteiger partial charge in [-0.3, -0.25) is 0 Å². The van der Waals surface area contributed by atoms with Crippen molar-refractivity contribution >= 4 is 17.4 Å². The maximum Gasteiger partial charge on any atom is 0.224 e. The van der Waals surface area contributed by atoms with E-state index in [1.165, 1.54) is 24.3 Å². The number of benzene rings is 1. The molecule has 0 saturated heterocycles. The number of nitrogens with zero attached hydrogens (tertiary/aromatic N) is 2. The van der Waals surface area contributed by atoms with E-state index in [-0.39, 0.29) is 10.9 Å². The van der Waals surface area contributed by atoms with Crippen LogP contribution in [0.4, 0.5) is 10.2 Å². The van der Waals surface area contributed by atoms with Gasteiger partial charge in [-0.2, -0.15) is 4.98 Å². The van der Waals surface area contributed by atoms with Crippen LogP contribution >= 0.6 is 11.6 Å². The van der Waals surface area contributed by atoms with E-state index in [1.54, 1.807) is 6.92 Å². The van der Waals surface area contributed by atoms with E-state index < -0.39 is 5.82 Å². The molecular formula is C11H10ClFN4O. The van der Waals surface area contributed by atoms with Gasteiger partial charge in [0.05, 0.1) is 5.02 Å². The van der Waals surface area contributed by atoms with Crippen LogP contribution in [0.2, 0.25) is 5.02 Å². The number of rotatable bonds is 3. The summed E-state index contributed by atoms with van der Waals surface area (Å²) >= 11 is 5.65. The Hall–Kier alpha value is -1.92. The van der Waals surface area contributed by atoms with E-state index in [4.69, 9.17) is 22.2 Å². The summed E-state index contributed by atoms with van der Waals surface area (Å²) in [7, 11) is 0. The summed E-state index contributed by atoms with van der Waals surface area (Å²) in [6, 6.07) is 5.55. The quantitative estimate of drug-likeness (QED) is 0.661. The van der Waals surface area contributed by atoms with Crippen LogP contribution in [0.25, 0.3) is 0 Å². The highest BCUT2D eigenvalue weighted by Gasteiger charge is 2.06. The standard InChI is InChI=1S/C11H10ClFN4O/c1-6-15-10(17-14)5-11(16-6)18-7-2-3-9(13)8(12)4-7/h2-5H,14H2,1H3,(H,15,16,17). The first kappa shape index (κ1) is 12.5. The Kier molecular flexibility index (Phi) is 3.59. The minimum absolute atomic E-state index is 0.0181. The lowest BCUT2D eigenvalue weighted by Crippen LogP contribution is -2.09. The Balaban J connectivity index is 2.27. The van der Waals surface area contributed by atoms with Gasteiger partial charge in [0.2, 0.25) is 5.88 Å². The van der Waals surface area contributed by atoms with Crippen LogP contribution in [0.3, 0.4) is 0 Å². The average molecular weight is 269 g/mol. The van der Waals surface area contributed by atoms with Crippen molar-refractivity contribution in [2.45, 2.75) is 6.92 Å². The van der Waals surface area contributed by atoms with Crippen LogP contribution in [-0.4, -0.2) is 9.97 Å². The van der Waals surface area contributed by atoms with Crippen LogP contribution in [0.5, 0.6) is 11.6 Å². The second-order valence-electron chi connectivity index (χ2n) is 3.46. The normalized spacial score (nSPS) is 10.2. The lowest BCUT2D eigenvalue weighted by molar-refractivity contribution is 0.458. The summed E-state index contributed by atoms with van der Waals surface area (Å²) in [5.41, 5.74) is 2.40. The Bertz CT molecular complexity index is 579. The Morgan fingerprint density at radius 2 is 2.11 bits per heavy atom. The molecular weight excluding hydrogens is 259 g/mol. The molecule has 18 heavy (non-hydrogen) atoms. The summed E-state index contributed by atoms with van der Waals surface area (Å²) < 4.78 is 18.4. The van der Waals surface area contributed by atoms with Gasteiger partial charge in [0.1, 0.15) is 23.2 Å². The minimum Gasteiger partial charge on any atom is -0.439 e. The fourth-order valence-electron chi connectivity index (χ4n) is 1.33. The smallest absolute Gasteiger partial charge is 0.224 e. The van der Waals surface area contributed by atoms with Crippen molar-refractivity contribution < 1.29 is 9.13 Å². The zero-order valence-corrected chi connectivity index (χ0v) is 10.2. The van der Waals surface area contributed by atoms with Gasteiger partial charge in [-0.15, -0.1) is 0 Å². The molecule has 5 nitrogen and oxygen atoms in total. The van der Waals surface area contributed by atoms with E-state index in [1.807, 2.05) is 0 Å². The molecule has 0 aliphatic heterocycles. The van der Waals surface area contributed by atoms with Gasteiger partial charge in [-0.05, 0) is 19.1 Å². The van der Waals surface area contributed by atoms with Gasteiger partial charge in [-0.1, -0.05) is 11.6 Å². The molecule has 0 bridgehead atoms. The number of anilines is 1. The molecule has 0 radical (unpaired) electrons. The molecule has 0 fully saturated rings. The van der Waals surface area contributed by atoms with Crippen LogP contribution in [0, 0.1) is 12.7 Å². The topological polar surface area (TPSA) is 73.1 Å². The summed E-state index contributed by atoms with van der Waals surface area (Å²) in [4.78, 5) is 8.08. The number of halogens is 2. The predicted octanol–water partition coefficient (Wildman–Crippen LogP) is 2.66. The molecule has 1 heterocycles. The fraction of sp³-hybridized carbons (Fsp3) is 0.0909. The molecule has 2 rings (SSSR count). The van der Waals surface area contributed by atoms with Gasteiger partial charge in [0.25, 0.3) is 0 Å². The summed E-state index contributed by atoms with van der Waals surface area (Å²) in [5, 5.41) is -0.0181. The first-order chi connectivity index (χ1) is 8.58. The Morgan fingerprint density at radius 3 is 2.78 bits per heavy atom. The molecule has 0 amide bonds. The second kappa shape index (κ2) is 5.16. The number of hydrogen-bond donors (Lipinski definition) is 2. The molecule has 0 spiro atoms. The maximum absolute atomic E-state index is 13.0. The van der Waals surface area contributed by atoms with Crippen LogP contribution in [0.1, 0.15) is 5.82 Å². The fourth-order valence-corrected chi connectivity index (χ4v) is 1.50. The number of ether oxygens (including phenoxy) is 1. The first-order valence-electron chi connectivity index (χ1n) is 5.03. The first-order valence-corrected chi connectivity index (χ1v) is 5.41. The third-order valence-corrected chi connectivity index (χ3v) is 2.37. The molecule has 2 aromatic rings. The SMILES string of the molecule is Cc1nc(NN)cc(Oc2ccc(F)c(Cl)c2)n1. The van der Waals surface area contributed by atoms with Crippen molar-refractivity contribution in [3.63, 3.8) is 0 Å². The van der Waals surface area contributed by atoms with Crippen molar-refractivity contribution in [1.29, 1.82) is 0 Å². The van der Waals surface area contributed by atoms with Gasteiger partial charge in [0.15, 0.2) is 0 Å². The number of nitrogen functional groups attached to an aromatic ring is 1. The molecule has 0 unspecified atom stereocenters. The highest BCUT2D eigenvalue weighted by molar-refractivity contribution is 6.30. The molecule has 0 atom stereocenters. The van der Waals surface area contributed by atoms with E-state index in [0.29, 0.717) is 17.4 Å². The van der Waals surface area contributed by atoms with Gasteiger partial charge >= 0.3 is 0 Å². The van der Waals surface area contributed by atoms with E-state index >= 15 is 0 Å². The summed E-state index contributed by atoms with van der Waals surface area (Å²) in [5.74, 6) is 6.33. The molecule has 1 aromatic heterocycles. The Labute approximate surface area is 108 Å². The molecule has 7 heteroatoms. The molecule has 94 valence electrons. The zero-order valence-electron chi connectivity index (χ0n) is 9.45. The Morgan fingerprint density at radius 1 is 1.33 bits per heavy atom. The molecule has 3 N–H and O–H groups in total. The van der Waals surface area contributed by atoms with E-state index in [9.17, 15) is 4.39 Å². The molecule has 1 aromatic carbocycles. The van der Waals surface area contributed by atoms with Crippen molar-refractivity contribution in [2.75, 3.05) is 5.43 Å². The lowest BCUT2D eigenvalue weighted by atomic mass is 10.3. The number of aryl methyl sites for hydroxylation is 1. The van der Waals surface area contributed by atoms with Gasteiger partial charge < -0.3 is 10.2 Å². The third-order valence-electron chi connectivity index (χ3n) is 2.08. The number of hydrogen-bond acceptors (Lipinski definition) is 5. The number of nitrogens with one attached hydrogen (secondary N) is 1. The zero-order chi connectivity index (χ0) is 13.1. The molecule has 0 aliphatic carbocycles. The average Bonchev–Trinajstić information content (AvgIpc) is 2.33. The number of aromatic nitrogens is 2. The maximum atomic E-state index is 13.0. The predicted molar refractivity (Wildman–Crippen MR) is 66.1 cm³/mol. The third kappa shape index (κ3) is 2.85. The van der Waals surface area contributed by atoms with Crippen molar-refractivity contribution in [3.05, 3.63) is 40.9 Å².